The van der Waals surface area contributed by atoms with Gasteiger partial charge in [0.15, 0.2) is 0 Å². The Morgan fingerprint density at radius 2 is 1.56 bits per heavy atom. The number of para-hydroxylation sites is 1. The largest absolute Gasteiger partial charge is 0.371 e. The first-order valence-electron chi connectivity index (χ1n) is 6.05. The first-order chi connectivity index (χ1) is 7.92. The molecule has 0 aromatic heterocycles. The molecular formula is C14H15NO. The molecule has 2 heteroatoms. The van der Waals surface area contributed by atoms with E-state index in [1.165, 1.54) is 5.69 Å². The highest BCUT2D eigenvalue weighted by Gasteiger charge is 2.50. The Morgan fingerprint density at radius 1 is 0.938 bits per heavy atom. The molecule has 1 aromatic carbocycles. The Kier molecular flexibility index (Phi) is 1.71. The minimum absolute atomic E-state index is 0.392. The molecule has 3 heterocycles. The summed E-state index contributed by atoms with van der Waals surface area (Å²) in [6.07, 6.45) is 5.29. The molecule has 0 saturated carbocycles. The van der Waals surface area contributed by atoms with Gasteiger partial charge in [-0.2, -0.15) is 0 Å². The van der Waals surface area contributed by atoms with Gasteiger partial charge in [0, 0.05) is 30.6 Å². The summed E-state index contributed by atoms with van der Waals surface area (Å²) >= 11 is 0. The average molecular weight is 213 g/mol. The maximum atomic E-state index is 5.89. The fraction of sp³-hybridized carbons (Fsp3) is 0.429. The lowest BCUT2D eigenvalue weighted by molar-refractivity contribution is 0.100. The van der Waals surface area contributed by atoms with Crippen LogP contribution in [0.15, 0.2) is 42.5 Å². The first kappa shape index (κ1) is 8.82. The van der Waals surface area contributed by atoms with Crippen LogP contribution in [0.3, 0.4) is 0 Å². The predicted octanol–water partition coefficient (Wildman–Crippen LogP) is 2.08. The summed E-state index contributed by atoms with van der Waals surface area (Å²) < 4.78 is 5.89. The monoisotopic (exact) mass is 213 g/mol. The smallest absolute Gasteiger partial charge is 0.0814 e. The van der Waals surface area contributed by atoms with Crippen molar-refractivity contribution >= 4 is 5.69 Å². The molecule has 3 aliphatic rings. The van der Waals surface area contributed by atoms with Crippen molar-refractivity contribution in [3.05, 3.63) is 42.5 Å². The van der Waals surface area contributed by atoms with Crippen molar-refractivity contribution in [2.45, 2.75) is 12.2 Å². The topological polar surface area (TPSA) is 12.5 Å². The highest BCUT2D eigenvalue weighted by atomic mass is 16.5. The molecule has 2 fully saturated rings. The molecule has 0 aliphatic carbocycles. The zero-order valence-corrected chi connectivity index (χ0v) is 9.12. The minimum atomic E-state index is 0.392. The minimum Gasteiger partial charge on any atom is -0.371 e. The summed E-state index contributed by atoms with van der Waals surface area (Å²) in [5.74, 6) is 1.44. The molecule has 82 valence electrons. The van der Waals surface area contributed by atoms with E-state index < -0.39 is 0 Å². The van der Waals surface area contributed by atoms with Crippen LogP contribution in [0.1, 0.15) is 0 Å². The molecule has 4 atom stereocenters. The standard InChI is InChI=1S/C14H15NO/c1-2-4-10(5-3-1)15-8-11-12(9-15)14-7-6-13(11)16-14/h1-7,11-14H,8-9H2/t11-,12+,13+,14-. The first-order valence-corrected chi connectivity index (χ1v) is 6.05. The Hall–Kier alpha value is -1.28. The van der Waals surface area contributed by atoms with E-state index in [-0.39, 0.29) is 0 Å². The van der Waals surface area contributed by atoms with Gasteiger partial charge in [0.05, 0.1) is 12.2 Å². The molecule has 16 heavy (non-hydrogen) atoms. The number of hydrogen-bond acceptors (Lipinski definition) is 2. The Balaban J connectivity index is 1.60. The van der Waals surface area contributed by atoms with E-state index >= 15 is 0 Å². The van der Waals surface area contributed by atoms with Gasteiger partial charge in [0.1, 0.15) is 0 Å². The van der Waals surface area contributed by atoms with E-state index in [0.717, 1.165) is 24.9 Å². The summed E-state index contributed by atoms with van der Waals surface area (Å²) in [6.45, 7) is 2.31. The molecular weight excluding hydrogens is 198 g/mol. The van der Waals surface area contributed by atoms with Gasteiger partial charge in [-0.05, 0) is 12.1 Å². The van der Waals surface area contributed by atoms with Crippen LogP contribution in [0.4, 0.5) is 5.69 Å². The molecule has 2 nitrogen and oxygen atoms in total. The number of ether oxygens (including phenoxy) is 1. The number of benzene rings is 1. The maximum Gasteiger partial charge on any atom is 0.0814 e. The lowest BCUT2D eigenvalue weighted by Gasteiger charge is -2.20. The lowest BCUT2D eigenvalue weighted by Crippen LogP contribution is -2.24. The molecule has 0 radical (unpaired) electrons. The Bertz CT molecular complexity index is 408. The van der Waals surface area contributed by atoms with Gasteiger partial charge in [0.2, 0.25) is 0 Å². The summed E-state index contributed by atoms with van der Waals surface area (Å²) in [5, 5.41) is 0. The molecule has 0 amide bonds. The van der Waals surface area contributed by atoms with Crippen molar-refractivity contribution in [2.75, 3.05) is 18.0 Å². The van der Waals surface area contributed by atoms with E-state index in [0.29, 0.717) is 12.2 Å². The zero-order valence-electron chi connectivity index (χ0n) is 9.12. The van der Waals surface area contributed by atoms with Crippen molar-refractivity contribution in [3.63, 3.8) is 0 Å². The van der Waals surface area contributed by atoms with Crippen LogP contribution in [-0.4, -0.2) is 25.3 Å². The molecule has 4 rings (SSSR count). The maximum absolute atomic E-state index is 5.89. The van der Waals surface area contributed by atoms with Gasteiger partial charge in [-0.1, -0.05) is 30.4 Å². The van der Waals surface area contributed by atoms with Crippen molar-refractivity contribution in [3.8, 4) is 0 Å². The summed E-state index contributed by atoms with van der Waals surface area (Å²) in [5.41, 5.74) is 1.36. The molecule has 2 saturated heterocycles. The van der Waals surface area contributed by atoms with Gasteiger partial charge < -0.3 is 9.64 Å². The van der Waals surface area contributed by atoms with Crippen molar-refractivity contribution in [1.29, 1.82) is 0 Å². The fourth-order valence-corrected chi connectivity index (χ4v) is 3.38. The van der Waals surface area contributed by atoms with E-state index in [2.05, 4.69) is 47.4 Å². The molecule has 2 bridgehead atoms. The van der Waals surface area contributed by atoms with Crippen LogP contribution >= 0.6 is 0 Å². The van der Waals surface area contributed by atoms with Crippen LogP contribution in [0, 0.1) is 11.8 Å². The Morgan fingerprint density at radius 3 is 2.19 bits per heavy atom. The van der Waals surface area contributed by atoms with Crippen molar-refractivity contribution in [2.24, 2.45) is 11.8 Å². The molecule has 0 unspecified atom stereocenters. The summed E-state index contributed by atoms with van der Waals surface area (Å²) in [6, 6.07) is 10.7. The Labute approximate surface area is 95.5 Å². The van der Waals surface area contributed by atoms with Gasteiger partial charge in [-0.3, -0.25) is 0 Å². The SMILES string of the molecule is C1=C[C@H]2O[C@@H]1[C@@H]1CN(c3ccccc3)C[C@@H]12. The number of nitrogens with zero attached hydrogens (tertiary/aromatic N) is 1. The normalized spacial score (nSPS) is 39.4. The lowest BCUT2D eigenvalue weighted by atomic mass is 9.86. The number of rotatable bonds is 1. The van der Waals surface area contributed by atoms with Crippen LogP contribution in [0.25, 0.3) is 0 Å². The number of anilines is 1. The van der Waals surface area contributed by atoms with E-state index in [4.69, 9.17) is 4.74 Å². The highest BCUT2D eigenvalue weighted by molar-refractivity contribution is 5.48. The van der Waals surface area contributed by atoms with E-state index in [1.54, 1.807) is 0 Å². The van der Waals surface area contributed by atoms with Gasteiger partial charge in [-0.15, -0.1) is 0 Å². The second-order valence-corrected chi connectivity index (χ2v) is 5.02. The molecule has 1 aromatic rings. The summed E-state index contributed by atoms with van der Waals surface area (Å²) in [4.78, 5) is 2.50. The zero-order chi connectivity index (χ0) is 10.5. The third-order valence-corrected chi connectivity index (χ3v) is 4.18. The van der Waals surface area contributed by atoms with E-state index in [1.807, 2.05) is 0 Å². The fourth-order valence-electron chi connectivity index (χ4n) is 3.38. The quantitative estimate of drug-likeness (QED) is 0.662. The predicted molar refractivity (Wildman–Crippen MR) is 63.4 cm³/mol. The number of fused-ring (bicyclic) bond motifs is 5. The van der Waals surface area contributed by atoms with Crippen LogP contribution in [-0.2, 0) is 4.74 Å². The number of hydrogen-bond donors (Lipinski definition) is 0. The van der Waals surface area contributed by atoms with Gasteiger partial charge in [0.25, 0.3) is 0 Å². The average Bonchev–Trinajstić information content (AvgIpc) is 3.02. The second kappa shape index (κ2) is 3.11. The van der Waals surface area contributed by atoms with Crippen molar-refractivity contribution < 1.29 is 4.74 Å². The highest BCUT2D eigenvalue weighted by Crippen LogP contribution is 2.44. The van der Waals surface area contributed by atoms with Crippen LogP contribution in [0.5, 0.6) is 0 Å². The third-order valence-electron chi connectivity index (χ3n) is 4.18. The molecule has 0 N–H and O–H groups in total. The third kappa shape index (κ3) is 1.11. The van der Waals surface area contributed by atoms with Gasteiger partial charge >= 0.3 is 0 Å². The van der Waals surface area contributed by atoms with Crippen LogP contribution in [0.2, 0.25) is 0 Å². The second-order valence-electron chi connectivity index (χ2n) is 5.02. The molecule has 3 aliphatic heterocycles. The van der Waals surface area contributed by atoms with Crippen molar-refractivity contribution in [1.82, 2.24) is 0 Å². The van der Waals surface area contributed by atoms with Gasteiger partial charge in [-0.25, -0.2) is 0 Å². The van der Waals surface area contributed by atoms with Crippen LogP contribution < -0.4 is 4.90 Å². The summed E-state index contributed by atoms with van der Waals surface area (Å²) in [7, 11) is 0. The van der Waals surface area contributed by atoms with E-state index in [9.17, 15) is 0 Å². The molecule has 0 spiro atoms.